The summed E-state index contributed by atoms with van der Waals surface area (Å²) in [5.41, 5.74) is 0.702. The summed E-state index contributed by atoms with van der Waals surface area (Å²) in [6.07, 6.45) is 3.66. The Bertz CT molecular complexity index is 514. The minimum absolute atomic E-state index is 0.0503. The molecular formula is C10H12N6OS. The van der Waals surface area contributed by atoms with Crippen LogP contribution in [0.15, 0.2) is 29.7 Å². The van der Waals surface area contributed by atoms with Crippen LogP contribution in [-0.4, -0.2) is 36.9 Å². The van der Waals surface area contributed by atoms with Crippen LogP contribution >= 0.6 is 11.8 Å². The van der Waals surface area contributed by atoms with E-state index in [2.05, 4.69) is 25.8 Å². The topological polar surface area (TPSA) is 85.6 Å². The van der Waals surface area contributed by atoms with Gasteiger partial charge in [0.1, 0.15) is 0 Å². The average Bonchev–Trinajstić information content (AvgIpc) is 2.76. The van der Waals surface area contributed by atoms with Crippen LogP contribution in [0.2, 0.25) is 0 Å². The molecule has 1 amide bonds. The lowest BCUT2D eigenvalue weighted by molar-refractivity contribution is -0.115. The van der Waals surface area contributed by atoms with E-state index in [4.69, 9.17) is 0 Å². The first-order valence-corrected chi connectivity index (χ1v) is 6.29. The first kappa shape index (κ1) is 12.5. The van der Waals surface area contributed by atoms with E-state index in [1.807, 2.05) is 0 Å². The Morgan fingerprint density at radius 1 is 1.56 bits per heavy atom. The summed E-state index contributed by atoms with van der Waals surface area (Å²) in [4.78, 5) is 15.5. The van der Waals surface area contributed by atoms with Crippen LogP contribution < -0.4 is 5.32 Å². The highest BCUT2D eigenvalue weighted by Crippen LogP contribution is 2.13. The highest BCUT2D eigenvalue weighted by atomic mass is 32.2. The molecule has 0 saturated heterocycles. The highest BCUT2D eigenvalue weighted by Gasteiger charge is 2.06. The summed E-state index contributed by atoms with van der Waals surface area (Å²) in [7, 11) is 1.76. The summed E-state index contributed by atoms with van der Waals surface area (Å²) in [6, 6.07) is 3.57. The second-order valence-corrected chi connectivity index (χ2v) is 4.54. The van der Waals surface area contributed by atoms with Crippen LogP contribution in [0, 0.1) is 0 Å². The molecule has 2 aromatic heterocycles. The van der Waals surface area contributed by atoms with Crippen molar-refractivity contribution >= 4 is 23.4 Å². The number of tetrazole rings is 1. The van der Waals surface area contributed by atoms with Gasteiger partial charge in [0.15, 0.2) is 0 Å². The Labute approximate surface area is 108 Å². The summed E-state index contributed by atoms with van der Waals surface area (Å²) in [5.74, 6) is 0.575. The standard InChI is InChI=1S/C10H12N6OS/c1-16-10(13-14-15-16)18-6-4-9(17)12-8-3-2-5-11-7-8/h2-3,5,7H,4,6H2,1H3,(H,12,17). The SMILES string of the molecule is Cn1nnnc1SCCC(=O)Nc1cccnc1. The number of amides is 1. The molecule has 94 valence electrons. The van der Waals surface area contributed by atoms with Gasteiger partial charge in [0.05, 0.1) is 11.9 Å². The molecule has 0 bridgehead atoms. The van der Waals surface area contributed by atoms with Crippen LogP contribution in [0.1, 0.15) is 6.42 Å². The number of aromatic nitrogens is 5. The largest absolute Gasteiger partial charge is 0.325 e. The third-order valence-corrected chi connectivity index (χ3v) is 3.10. The van der Waals surface area contributed by atoms with E-state index < -0.39 is 0 Å². The molecule has 0 unspecified atom stereocenters. The maximum atomic E-state index is 11.6. The molecule has 0 aromatic carbocycles. The first-order chi connectivity index (χ1) is 8.75. The highest BCUT2D eigenvalue weighted by molar-refractivity contribution is 7.99. The van der Waals surface area contributed by atoms with E-state index >= 15 is 0 Å². The zero-order valence-corrected chi connectivity index (χ0v) is 10.6. The molecule has 18 heavy (non-hydrogen) atoms. The lowest BCUT2D eigenvalue weighted by atomic mass is 10.4. The van der Waals surface area contributed by atoms with Gasteiger partial charge in [0, 0.05) is 25.4 Å². The van der Waals surface area contributed by atoms with E-state index in [0.29, 0.717) is 23.0 Å². The van der Waals surface area contributed by atoms with Crippen LogP contribution in [0.25, 0.3) is 0 Å². The second kappa shape index (κ2) is 6.10. The fourth-order valence-electron chi connectivity index (χ4n) is 1.24. The molecule has 0 fully saturated rings. The Hall–Kier alpha value is -1.96. The van der Waals surface area contributed by atoms with Crippen LogP contribution in [-0.2, 0) is 11.8 Å². The van der Waals surface area contributed by atoms with Crippen molar-refractivity contribution in [2.24, 2.45) is 7.05 Å². The fraction of sp³-hybridized carbons (Fsp3) is 0.300. The van der Waals surface area contributed by atoms with Crippen molar-refractivity contribution in [2.45, 2.75) is 11.6 Å². The first-order valence-electron chi connectivity index (χ1n) is 5.31. The Balaban J connectivity index is 1.74. The maximum Gasteiger partial charge on any atom is 0.225 e. The zero-order valence-electron chi connectivity index (χ0n) is 9.78. The summed E-state index contributed by atoms with van der Waals surface area (Å²) in [5, 5.41) is 14.5. The zero-order chi connectivity index (χ0) is 12.8. The molecular weight excluding hydrogens is 252 g/mol. The van der Waals surface area contributed by atoms with Crippen molar-refractivity contribution in [1.82, 2.24) is 25.2 Å². The van der Waals surface area contributed by atoms with Crippen LogP contribution in [0.5, 0.6) is 0 Å². The second-order valence-electron chi connectivity index (χ2n) is 3.47. The number of hydrogen-bond donors (Lipinski definition) is 1. The molecule has 2 heterocycles. The van der Waals surface area contributed by atoms with Crippen molar-refractivity contribution in [3.8, 4) is 0 Å². The number of carbonyl (C=O) groups is 1. The monoisotopic (exact) mass is 264 g/mol. The van der Waals surface area contributed by atoms with Gasteiger partial charge in [-0.25, -0.2) is 4.68 Å². The smallest absolute Gasteiger partial charge is 0.225 e. The van der Waals surface area contributed by atoms with E-state index in [1.54, 1.807) is 36.3 Å². The van der Waals surface area contributed by atoms with E-state index in [-0.39, 0.29) is 5.91 Å². The number of pyridine rings is 1. The average molecular weight is 264 g/mol. The molecule has 2 aromatic rings. The molecule has 2 rings (SSSR count). The Morgan fingerprint density at radius 3 is 3.11 bits per heavy atom. The number of thioether (sulfide) groups is 1. The van der Waals surface area contributed by atoms with Crippen molar-refractivity contribution in [1.29, 1.82) is 0 Å². The van der Waals surface area contributed by atoms with Gasteiger partial charge in [0.2, 0.25) is 11.1 Å². The lowest BCUT2D eigenvalue weighted by Gasteiger charge is -2.03. The van der Waals surface area contributed by atoms with Crippen LogP contribution in [0.3, 0.4) is 0 Å². The normalized spacial score (nSPS) is 10.3. The van der Waals surface area contributed by atoms with Gasteiger partial charge in [-0.2, -0.15) is 0 Å². The molecule has 0 saturated carbocycles. The molecule has 0 atom stereocenters. The molecule has 0 spiro atoms. The van der Waals surface area contributed by atoms with Gasteiger partial charge < -0.3 is 5.32 Å². The number of nitrogens with zero attached hydrogens (tertiary/aromatic N) is 5. The van der Waals surface area contributed by atoms with E-state index in [0.717, 1.165) is 0 Å². The summed E-state index contributed by atoms with van der Waals surface area (Å²) >= 11 is 1.44. The quantitative estimate of drug-likeness (QED) is 0.801. The number of hydrogen-bond acceptors (Lipinski definition) is 6. The molecule has 0 aliphatic heterocycles. The van der Waals surface area contributed by atoms with Crippen molar-refractivity contribution in [3.05, 3.63) is 24.5 Å². The molecule has 1 N–H and O–H groups in total. The van der Waals surface area contributed by atoms with Crippen molar-refractivity contribution in [2.75, 3.05) is 11.1 Å². The molecule has 0 radical (unpaired) electrons. The predicted octanol–water partition coefficient (Wildman–Crippen LogP) is 0.726. The van der Waals surface area contributed by atoms with Crippen LogP contribution in [0.4, 0.5) is 5.69 Å². The maximum absolute atomic E-state index is 11.6. The van der Waals surface area contributed by atoms with E-state index in [1.165, 1.54) is 11.8 Å². The Kier molecular flexibility index (Phi) is 4.24. The lowest BCUT2D eigenvalue weighted by Crippen LogP contribution is -2.12. The van der Waals surface area contributed by atoms with Gasteiger partial charge >= 0.3 is 0 Å². The van der Waals surface area contributed by atoms with E-state index in [9.17, 15) is 4.79 Å². The number of nitrogens with one attached hydrogen (secondary N) is 1. The van der Waals surface area contributed by atoms with Crippen molar-refractivity contribution < 1.29 is 4.79 Å². The molecule has 0 aliphatic rings. The van der Waals surface area contributed by atoms with Crippen molar-refractivity contribution in [3.63, 3.8) is 0 Å². The van der Waals surface area contributed by atoms with Gasteiger partial charge in [-0.05, 0) is 22.6 Å². The minimum Gasteiger partial charge on any atom is -0.325 e. The number of carbonyl (C=O) groups excluding carboxylic acids is 1. The molecule has 0 aliphatic carbocycles. The summed E-state index contributed by atoms with van der Waals surface area (Å²) in [6.45, 7) is 0. The third-order valence-electron chi connectivity index (χ3n) is 2.09. The number of aryl methyl sites for hydroxylation is 1. The fourth-order valence-corrected chi connectivity index (χ4v) is 2.03. The molecule has 7 nitrogen and oxygen atoms in total. The van der Waals surface area contributed by atoms with Gasteiger partial charge in [-0.15, -0.1) is 5.10 Å². The number of rotatable bonds is 5. The molecule has 8 heteroatoms. The van der Waals surface area contributed by atoms with Gasteiger partial charge in [-0.3, -0.25) is 9.78 Å². The predicted molar refractivity (Wildman–Crippen MR) is 67.0 cm³/mol. The third kappa shape index (κ3) is 3.52. The summed E-state index contributed by atoms with van der Waals surface area (Å²) < 4.78 is 1.57. The van der Waals surface area contributed by atoms with Gasteiger partial charge in [-0.1, -0.05) is 11.8 Å². The van der Waals surface area contributed by atoms with Gasteiger partial charge in [0.25, 0.3) is 0 Å². The minimum atomic E-state index is -0.0503. The Morgan fingerprint density at radius 2 is 2.44 bits per heavy atom. The number of anilines is 1.